The highest BCUT2D eigenvalue weighted by Crippen LogP contribution is 2.49. The van der Waals surface area contributed by atoms with Crippen LogP contribution < -0.4 is 0 Å². The largest absolute Gasteiger partial charge is 0.330 e. The summed E-state index contributed by atoms with van der Waals surface area (Å²) in [6, 6.07) is 0. The molecule has 4 heteroatoms. The zero-order valence-electron chi connectivity index (χ0n) is 12.5. The van der Waals surface area contributed by atoms with Gasteiger partial charge in [-0.05, 0) is 19.3 Å². The Hall–Kier alpha value is 0.150. The fraction of sp³-hybridized carbons (Fsp3) is 1.00. The van der Waals surface area contributed by atoms with Crippen LogP contribution in [0.1, 0.15) is 72.1 Å². The number of rotatable bonds is 13. The number of hydrogen-bond donors (Lipinski definition) is 0. The van der Waals surface area contributed by atoms with Gasteiger partial charge in [-0.2, -0.15) is 0 Å². The van der Waals surface area contributed by atoms with Crippen molar-refractivity contribution in [3.05, 3.63) is 0 Å². The molecule has 0 spiro atoms. The van der Waals surface area contributed by atoms with Gasteiger partial charge in [0.1, 0.15) is 0 Å². The summed E-state index contributed by atoms with van der Waals surface area (Å²) < 4.78 is 23.5. The summed E-state index contributed by atoms with van der Waals surface area (Å²) in [7, 11) is -2.81. The molecular weight excluding hydrogens is 247 g/mol. The Kier molecular flexibility index (Phi) is 12.3. The highest BCUT2D eigenvalue weighted by atomic mass is 31.2. The van der Waals surface area contributed by atoms with Gasteiger partial charge in [-0.25, -0.2) is 0 Å². The average Bonchev–Trinajstić information content (AvgIpc) is 2.37. The molecule has 0 aliphatic rings. The van der Waals surface area contributed by atoms with E-state index in [0.29, 0.717) is 19.4 Å². The molecule has 0 fully saturated rings. The highest BCUT2D eigenvalue weighted by Gasteiger charge is 2.23. The van der Waals surface area contributed by atoms with Crippen LogP contribution in [0.2, 0.25) is 0 Å². The van der Waals surface area contributed by atoms with E-state index in [0.717, 1.165) is 38.5 Å². The van der Waals surface area contributed by atoms with Crippen LogP contribution in [-0.2, 0) is 13.6 Å². The molecule has 3 nitrogen and oxygen atoms in total. The molecule has 0 heterocycles. The van der Waals surface area contributed by atoms with Crippen molar-refractivity contribution >= 4 is 7.60 Å². The van der Waals surface area contributed by atoms with Crippen molar-refractivity contribution in [1.29, 1.82) is 0 Å². The second-order valence-electron chi connectivity index (χ2n) is 4.77. The van der Waals surface area contributed by atoms with E-state index in [-0.39, 0.29) is 0 Å². The van der Waals surface area contributed by atoms with E-state index in [2.05, 4.69) is 20.8 Å². The van der Waals surface area contributed by atoms with Crippen molar-refractivity contribution in [3.8, 4) is 0 Å². The minimum Gasteiger partial charge on any atom is -0.309 e. The van der Waals surface area contributed by atoms with Crippen LogP contribution in [0, 0.1) is 0 Å². The van der Waals surface area contributed by atoms with Crippen molar-refractivity contribution in [2.75, 3.05) is 19.4 Å². The molecule has 0 rings (SSSR count). The summed E-state index contributed by atoms with van der Waals surface area (Å²) in [5.74, 6) is 0. The quantitative estimate of drug-likeness (QED) is 0.334. The van der Waals surface area contributed by atoms with Gasteiger partial charge in [0.15, 0.2) is 0 Å². The summed E-state index contributed by atoms with van der Waals surface area (Å²) in [4.78, 5) is 0. The van der Waals surface area contributed by atoms with E-state index in [1.54, 1.807) is 0 Å². The molecule has 0 saturated heterocycles. The average molecular weight is 278 g/mol. The molecule has 0 aromatic rings. The second kappa shape index (κ2) is 12.2. The maximum Gasteiger partial charge on any atom is 0.330 e. The summed E-state index contributed by atoms with van der Waals surface area (Å²) >= 11 is 0. The zero-order chi connectivity index (χ0) is 13.7. The third-order valence-corrected chi connectivity index (χ3v) is 4.87. The van der Waals surface area contributed by atoms with Gasteiger partial charge in [0, 0.05) is 0 Å². The minimum absolute atomic E-state index is 0.562. The molecule has 0 bridgehead atoms. The lowest BCUT2D eigenvalue weighted by atomic mass is 10.2. The van der Waals surface area contributed by atoms with Gasteiger partial charge in [-0.1, -0.05) is 52.9 Å². The Labute approximate surface area is 113 Å². The Morgan fingerprint density at radius 3 is 1.83 bits per heavy atom. The molecule has 0 radical (unpaired) electrons. The highest BCUT2D eigenvalue weighted by molar-refractivity contribution is 7.53. The molecule has 18 heavy (non-hydrogen) atoms. The maximum atomic E-state index is 12.4. The van der Waals surface area contributed by atoms with Crippen LogP contribution in [0.5, 0.6) is 0 Å². The predicted octanol–water partition coefficient (Wildman–Crippen LogP) is 5.39. The SMILES string of the molecule is CCCCCCOP(=O)(CCCC)OCCCC. The topological polar surface area (TPSA) is 35.5 Å². The molecule has 110 valence electrons. The molecule has 0 N–H and O–H groups in total. The molecule has 0 saturated carbocycles. The van der Waals surface area contributed by atoms with Crippen molar-refractivity contribution in [3.63, 3.8) is 0 Å². The van der Waals surface area contributed by atoms with Gasteiger partial charge in [-0.3, -0.25) is 4.57 Å². The smallest absolute Gasteiger partial charge is 0.309 e. The summed E-state index contributed by atoms with van der Waals surface area (Å²) in [5.41, 5.74) is 0. The third kappa shape index (κ3) is 10.1. The van der Waals surface area contributed by atoms with E-state index in [9.17, 15) is 4.57 Å². The standard InChI is InChI=1S/C14H31O3P/c1-4-7-10-11-13-17-18(15,14-9-6-3)16-12-8-5-2/h4-14H2,1-3H3. The van der Waals surface area contributed by atoms with Gasteiger partial charge < -0.3 is 9.05 Å². The second-order valence-corrected chi connectivity index (χ2v) is 6.95. The zero-order valence-corrected chi connectivity index (χ0v) is 13.3. The molecule has 0 aliphatic heterocycles. The lowest BCUT2D eigenvalue weighted by Crippen LogP contribution is -2.03. The first-order valence-electron chi connectivity index (χ1n) is 7.56. The fourth-order valence-corrected chi connectivity index (χ4v) is 3.45. The van der Waals surface area contributed by atoms with E-state index < -0.39 is 7.60 Å². The van der Waals surface area contributed by atoms with Crippen molar-refractivity contribution in [1.82, 2.24) is 0 Å². The molecule has 0 aliphatic carbocycles. The Morgan fingerprint density at radius 2 is 1.28 bits per heavy atom. The van der Waals surface area contributed by atoms with Crippen LogP contribution in [0.3, 0.4) is 0 Å². The predicted molar refractivity (Wildman–Crippen MR) is 78.3 cm³/mol. The van der Waals surface area contributed by atoms with Crippen LogP contribution in [0.15, 0.2) is 0 Å². The van der Waals surface area contributed by atoms with Gasteiger partial charge >= 0.3 is 7.60 Å². The minimum atomic E-state index is -2.81. The Bertz CT molecular complexity index is 219. The van der Waals surface area contributed by atoms with E-state index in [1.807, 2.05) is 0 Å². The summed E-state index contributed by atoms with van der Waals surface area (Å²) in [6.45, 7) is 7.52. The van der Waals surface area contributed by atoms with Gasteiger partial charge in [0.2, 0.25) is 0 Å². The van der Waals surface area contributed by atoms with E-state index in [1.165, 1.54) is 12.8 Å². The Morgan fingerprint density at radius 1 is 0.722 bits per heavy atom. The molecule has 0 amide bonds. The normalized spacial score (nSPS) is 14.6. The van der Waals surface area contributed by atoms with E-state index in [4.69, 9.17) is 9.05 Å². The van der Waals surface area contributed by atoms with Gasteiger partial charge in [-0.15, -0.1) is 0 Å². The molecule has 1 atom stereocenters. The van der Waals surface area contributed by atoms with Crippen LogP contribution in [0.25, 0.3) is 0 Å². The van der Waals surface area contributed by atoms with Crippen LogP contribution >= 0.6 is 7.60 Å². The molecule has 0 aromatic carbocycles. The monoisotopic (exact) mass is 278 g/mol. The Balaban J connectivity index is 3.91. The first kappa shape index (κ1) is 18.1. The van der Waals surface area contributed by atoms with Crippen LogP contribution in [-0.4, -0.2) is 19.4 Å². The number of unbranched alkanes of at least 4 members (excludes halogenated alkanes) is 5. The molecule has 1 unspecified atom stereocenters. The molecule has 0 aromatic heterocycles. The van der Waals surface area contributed by atoms with Crippen LogP contribution in [0.4, 0.5) is 0 Å². The number of hydrogen-bond acceptors (Lipinski definition) is 3. The maximum absolute atomic E-state index is 12.4. The van der Waals surface area contributed by atoms with Crippen molar-refractivity contribution in [2.45, 2.75) is 72.1 Å². The first-order chi connectivity index (χ1) is 8.68. The summed E-state index contributed by atoms with van der Waals surface area (Å²) in [5, 5.41) is 0. The third-order valence-electron chi connectivity index (χ3n) is 2.86. The molecular formula is C14H31O3P. The fourth-order valence-electron chi connectivity index (χ4n) is 1.60. The van der Waals surface area contributed by atoms with E-state index >= 15 is 0 Å². The summed E-state index contributed by atoms with van der Waals surface area (Å²) in [6.07, 6.45) is 9.10. The van der Waals surface area contributed by atoms with Gasteiger partial charge in [0.05, 0.1) is 19.4 Å². The van der Waals surface area contributed by atoms with Crippen molar-refractivity contribution < 1.29 is 13.6 Å². The van der Waals surface area contributed by atoms with Crippen molar-refractivity contribution in [2.24, 2.45) is 0 Å². The lowest BCUT2D eigenvalue weighted by Gasteiger charge is -2.18. The first-order valence-corrected chi connectivity index (χ1v) is 9.29. The van der Waals surface area contributed by atoms with Gasteiger partial charge in [0.25, 0.3) is 0 Å². The lowest BCUT2D eigenvalue weighted by molar-refractivity contribution is 0.198.